The summed E-state index contributed by atoms with van der Waals surface area (Å²) in [6, 6.07) is 0. The Morgan fingerprint density at radius 1 is 1.28 bits per heavy atom. The molecule has 0 amide bonds. The minimum atomic E-state index is -0.304. The Balaban J connectivity index is 2.41. The molecule has 0 N–H and O–H groups in total. The molecule has 0 unspecified atom stereocenters. The summed E-state index contributed by atoms with van der Waals surface area (Å²) in [7, 11) is 1.40. The summed E-state index contributed by atoms with van der Waals surface area (Å²) in [4.78, 5) is 15.7. The van der Waals surface area contributed by atoms with E-state index in [-0.39, 0.29) is 5.97 Å². The summed E-state index contributed by atoms with van der Waals surface area (Å²) in [6.07, 6.45) is 9.06. The van der Waals surface area contributed by atoms with Gasteiger partial charge >= 0.3 is 5.97 Å². The maximum atomic E-state index is 11.5. The maximum absolute atomic E-state index is 11.5. The van der Waals surface area contributed by atoms with Gasteiger partial charge in [0.25, 0.3) is 0 Å². The van der Waals surface area contributed by atoms with Gasteiger partial charge in [-0.2, -0.15) is 0 Å². The Labute approximate surface area is 109 Å². The van der Waals surface area contributed by atoms with Gasteiger partial charge < -0.3 is 9.30 Å². The van der Waals surface area contributed by atoms with Crippen LogP contribution in [0.1, 0.15) is 61.8 Å². The van der Waals surface area contributed by atoms with Crippen molar-refractivity contribution >= 4 is 5.97 Å². The van der Waals surface area contributed by atoms with E-state index in [4.69, 9.17) is 4.74 Å². The molecule has 1 aromatic rings. The van der Waals surface area contributed by atoms with Crippen molar-refractivity contribution in [2.45, 2.75) is 58.9 Å². The van der Waals surface area contributed by atoms with E-state index in [2.05, 4.69) is 11.9 Å². The lowest BCUT2D eigenvalue weighted by molar-refractivity contribution is 0.0588. The molecule has 0 spiro atoms. The zero-order chi connectivity index (χ0) is 13.4. The van der Waals surface area contributed by atoms with Gasteiger partial charge in [-0.3, -0.25) is 0 Å². The first-order valence-corrected chi connectivity index (χ1v) is 6.81. The second-order valence-corrected chi connectivity index (χ2v) is 4.60. The molecule has 0 bridgehead atoms. The lowest BCUT2D eigenvalue weighted by atomic mass is 10.1. The third-order valence-corrected chi connectivity index (χ3v) is 3.18. The molecule has 1 heterocycles. The Morgan fingerprint density at radius 3 is 2.61 bits per heavy atom. The molecule has 18 heavy (non-hydrogen) atoms. The van der Waals surface area contributed by atoms with Gasteiger partial charge in [0.05, 0.1) is 13.3 Å². The van der Waals surface area contributed by atoms with E-state index in [1.54, 1.807) is 6.20 Å². The van der Waals surface area contributed by atoms with E-state index in [1.165, 1.54) is 39.2 Å². The number of hydrogen-bond donors (Lipinski definition) is 0. The summed E-state index contributed by atoms with van der Waals surface area (Å²) in [5.41, 5.74) is 0.559. The van der Waals surface area contributed by atoms with Crippen LogP contribution in [0.3, 0.4) is 0 Å². The number of rotatable bonds is 8. The van der Waals surface area contributed by atoms with Gasteiger partial charge in [0.1, 0.15) is 11.5 Å². The number of methoxy groups -OCH3 is 1. The molecule has 0 atom stereocenters. The average molecular weight is 252 g/mol. The van der Waals surface area contributed by atoms with Gasteiger partial charge in [0.2, 0.25) is 0 Å². The fourth-order valence-corrected chi connectivity index (χ4v) is 2.07. The SMILES string of the molecule is CCCCCCCCn1c(C(=O)OC)cnc1C. The van der Waals surface area contributed by atoms with Crippen molar-refractivity contribution in [3.63, 3.8) is 0 Å². The lowest BCUT2D eigenvalue weighted by Crippen LogP contribution is -2.12. The molecule has 0 aliphatic rings. The molecule has 0 fully saturated rings. The highest BCUT2D eigenvalue weighted by molar-refractivity contribution is 5.87. The minimum Gasteiger partial charge on any atom is -0.464 e. The number of carbonyl (C=O) groups excluding carboxylic acids is 1. The van der Waals surface area contributed by atoms with Crippen LogP contribution in [0, 0.1) is 6.92 Å². The molecule has 0 aromatic carbocycles. The van der Waals surface area contributed by atoms with Crippen molar-refractivity contribution < 1.29 is 9.53 Å². The first kappa shape index (κ1) is 14.7. The Kier molecular flexibility index (Phi) is 6.47. The van der Waals surface area contributed by atoms with Crippen LogP contribution in [0.2, 0.25) is 0 Å². The van der Waals surface area contributed by atoms with E-state index in [9.17, 15) is 4.79 Å². The quantitative estimate of drug-likeness (QED) is 0.526. The number of unbranched alkanes of at least 4 members (excludes halogenated alkanes) is 5. The number of aryl methyl sites for hydroxylation is 1. The molecular formula is C14H24N2O2. The van der Waals surface area contributed by atoms with Crippen LogP contribution in [0.5, 0.6) is 0 Å². The summed E-state index contributed by atoms with van der Waals surface area (Å²) in [5.74, 6) is 0.575. The first-order chi connectivity index (χ1) is 8.70. The number of aromatic nitrogens is 2. The standard InChI is InChI=1S/C14H24N2O2/c1-4-5-6-7-8-9-10-16-12(2)15-11-13(16)14(17)18-3/h11H,4-10H2,1-3H3. The fraction of sp³-hybridized carbons (Fsp3) is 0.714. The molecule has 102 valence electrons. The maximum Gasteiger partial charge on any atom is 0.356 e. The van der Waals surface area contributed by atoms with Crippen LogP contribution in [0.4, 0.5) is 0 Å². The number of hydrogen-bond acceptors (Lipinski definition) is 3. The second kappa shape index (κ2) is 7.90. The van der Waals surface area contributed by atoms with Crippen LogP contribution in [0.15, 0.2) is 6.20 Å². The molecule has 4 heteroatoms. The molecule has 1 rings (SSSR count). The number of nitrogens with zero attached hydrogens (tertiary/aromatic N) is 2. The van der Waals surface area contributed by atoms with Crippen molar-refractivity contribution in [3.05, 3.63) is 17.7 Å². The molecular weight excluding hydrogens is 228 g/mol. The van der Waals surface area contributed by atoms with Crippen LogP contribution in [-0.2, 0) is 11.3 Å². The lowest BCUT2D eigenvalue weighted by Gasteiger charge is -2.08. The van der Waals surface area contributed by atoms with E-state index in [0.29, 0.717) is 5.69 Å². The number of imidazole rings is 1. The molecule has 0 saturated heterocycles. The van der Waals surface area contributed by atoms with Gasteiger partial charge in [-0.1, -0.05) is 39.0 Å². The Bertz CT molecular complexity index is 372. The number of esters is 1. The molecule has 1 aromatic heterocycles. The first-order valence-electron chi connectivity index (χ1n) is 6.81. The fourth-order valence-electron chi connectivity index (χ4n) is 2.07. The third kappa shape index (κ3) is 4.17. The van der Waals surface area contributed by atoms with Gasteiger partial charge in [0.15, 0.2) is 0 Å². The van der Waals surface area contributed by atoms with Crippen molar-refractivity contribution in [3.8, 4) is 0 Å². The van der Waals surface area contributed by atoms with Gasteiger partial charge in [-0.25, -0.2) is 9.78 Å². The largest absolute Gasteiger partial charge is 0.464 e. The summed E-state index contributed by atoms with van der Waals surface area (Å²) >= 11 is 0. The van der Waals surface area contributed by atoms with E-state index in [1.807, 2.05) is 11.5 Å². The summed E-state index contributed by atoms with van der Waals surface area (Å²) in [6.45, 7) is 4.99. The third-order valence-electron chi connectivity index (χ3n) is 3.18. The van der Waals surface area contributed by atoms with Gasteiger partial charge in [0, 0.05) is 6.54 Å². The Hall–Kier alpha value is -1.32. The molecule has 0 radical (unpaired) electrons. The second-order valence-electron chi connectivity index (χ2n) is 4.60. The number of carbonyl (C=O) groups is 1. The predicted octanol–water partition coefficient (Wildman–Crippen LogP) is 3.34. The molecule has 4 nitrogen and oxygen atoms in total. The summed E-state index contributed by atoms with van der Waals surface area (Å²) in [5, 5.41) is 0. The van der Waals surface area contributed by atoms with Crippen LogP contribution < -0.4 is 0 Å². The highest BCUT2D eigenvalue weighted by atomic mass is 16.5. The topological polar surface area (TPSA) is 44.1 Å². The van der Waals surface area contributed by atoms with Crippen molar-refractivity contribution in [2.75, 3.05) is 7.11 Å². The molecule has 0 saturated carbocycles. The predicted molar refractivity (Wildman–Crippen MR) is 71.7 cm³/mol. The van der Waals surface area contributed by atoms with E-state index in [0.717, 1.165) is 18.8 Å². The zero-order valence-corrected chi connectivity index (χ0v) is 11.7. The minimum absolute atomic E-state index is 0.304. The van der Waals surface area contributed by atoms with Crippen molar-refractivity contribution in [1.82, 2.24) is 9.55 Å². The zero-order valence-electron chi connectivity index (χ0n) is 11.7. The monoisotopic (exact) mass is 252 g/mol. The van der Waals surface area contributed by atoms with E-state index < -0.39 is 0 Å². The number of ether oxygens (including phenoxy) is 1. The van der Waals surface area contributed by atoms with Gasteiger partial charge in [-0.05, 0) is 13.3 Å². The molecule has 0 aliphatic carbocycles. The van der Waals surface area contributed by atoms with Crippen LogP contribution in [0.25, 0.3) is 0 Å². The van der Waals surface area contributed by atoms with Crippen molar-refractivity contribution in [2.24, 2.45) is 0 Å². The van der Waals surface area contributed by atoms with Crippen molar-refractivity contribution in [1.29, 1.82) is 0 Å². The average Bonchev–Trinajstić information content (AvgIpc) is 2.74. The molecule has 0 aliphatic heterocycles. The summed E-state index contributed by atoms with van der Waals surface area (Å²) < 4.78 is 6.70. The van der Waals surface area contributed by atoms with Crippen LogP contribution >= 0.6 is 0 Å². The normalized spacial score (nSPS) is 10.6. The highest BCUT2D eigenvalue weighted by Crippen LogP contribution is 2.11. The Morgan fingerprint density at radius 2 is 1.94 bits per heavy atom. The van der Waals surface area contributed by atoms with Gasteiger partial charge in [-0.15, -0.1) is 0 Å². The smallest absolute Gasteiger partial charge is 0.356 e. The van der Waals surface area contributed by atoms with E-state index >= 15 is 0 Å². The highest BCUT2D eigenvalue weighted by Gasteiger charge is 2.14. The van der Waals surface area contributed by atoms with Crippen LogP contribution in [-0.4, -0.2) is 22.6 Å².